The van der Waals surface area contributed by atoms with Crippen molar-refractivity contribution in [3.63, 3.8) is 0 Å². The standard InChI is InChI=1S/C22H32F2N6O2S/c1-22(23,24)13-32-21-28-18-12-29(10-7-19(18)33-21)9-6-16-2-4-17(5-3-16)27-20(31)8-11-30-15-25-14-26-30/h14-17H,2-13H2,1H3,(H,27,31)/t16-,17-. The maximum absolute atomic E-state index is 13.0. The molecule has 4 rings (SSSR count). The Morgan fingerprint density at radius 1 is 1.30 bits per heavy atom. The van der Waals surface area contributed by atoms with Crippen LogP contribution in [0, 0.1) is 5.92 Å². The fourth-order valence-corrected chi connectivity index (χ4v) is 5.40. The van der Waals surface area contributed by atoms with E-state index < -0.39 is 12.5 Å². The van der Waals surface area contributed by atoms with Crippen LogP contribution in [0.15, 0.2) is 12.7 Å². The molecule has 1 saturated carbocycles. The maximum atomic E-state index is 13.0. The molecule has 0 aromatic carbocycles. The SMILES string of the molecule is CC(F)(F)COc1nc2c(s1)CCN(CC[C@H]1CC[C@H](NC(=O)CCn3cncn3)CC1)C2. The molecule has 33 heavy (non-hydrogen) atoms. The zero-order valence-corrected chi connectivity index (χ0v) is 19.8. The van der Waals surface area contributed by atoms with Crippen LogP contribution in [0.25, 0.3) is 0 Å². The molecule has 11 heteroatoms. The average molecular weight is 483 g/mol. The van der Waals surface area contributed by atoms with Crippen LogP contribution in [-0.4, -0.2) is 62.2 Å². The van der Waals surface area contributed by atoms with Crippen LogP contribution < -0.4 is 10.1 Å². The first-order chi connectivity index (χ1) is 15.8. The van der Waals surface area contributed by atoms with Gasteiger partial charge in [0.1, 0.15) is 12.7 Å². The van der Waals surface area contributed by atoms with Crippen molar-refractivity contribution in [1.82, 2.24) is 30.0 Å². The lowest BCUT2D eigenvalue weighted by Crippen LogP contribution is -2.38. The van der Waals surface area contributed by atoms with Gasteiger partial charge >= 0.3 is 0 Å². The van der Waals surface area contributed by atoms with E-state index in [2.05, 4.69) is 25.3 Å². The molecule has 1 N–H and O–H groups in total. The van der Waals surface area contributed by atoms with Gasteiger partial charge in [-0.25, -0.2) is 18.7 Å². The minimum Gasteiger partial charge on any atom is -0.464 e. The Morgan fingerprint density at radius 3 is 2.85 bits per heavy atom. The molecule has 3 heterocycles. The first kappa shape index (κ1) is 24.0. The van der Waals surface area contributed by atoms with Gasteiger partial charge in [-0.15, -0.1) is 0 Å². The van der Waals surface area contributed by atoms with E-state index in [4.69, 9.17) is 4.74 Å². The second-order valence-corrected chi connectivity index (χ2v) is 10.3. The summed E-state index contributed by atoms with van der Waals surface area (Å²) in [6, 6.07) is 0.269. The average Bonchev–Trinajstić information content (AvgIpc) is 3.44. The zero-order valence-electron chi connectivity index (χ0n) is 19.0. The lowest BCUT2D eigenvalue weighted by atomic mass is 9.84. The molecule has 0 radical (unpaired) electrons. The number of fused-ring (bicyclic) bond motifs is 1. The minimum atomic E-state index is -2.85. The van der Waals surface area contributed by atoms with E-state index in [9.17, 15) is 13.6 Å². The van der Waals surface area contributed by atoms with Crippen molar-refractivity contribution in [2.45, 2.75) is 76.9 Å². The van der Waals surface area contributed by atoms with Gasteiger partial charge in [-0.2, -0.15) is 5.10 Å². The van der Waals surface area contributed by atoms with Crippen molar-refractivity contribution in [3.05, 3.63) is 23.2 Å². The van der Waals surface area contributed by atoms with Crippen LogP contribution in [0.2, 0.25) is 0 Å². The van der Waals surface area contributed by atoms with E-state index in [1.165, 1.54) is 17.7 Å². The lowest BCUT2D eigenvalue weighted by Gasteiger charge is -2.32. The highest BCUT2D eigenvalue weighted by Gasteiger charge is 2.27. The molecule has 8 nitrogen and oxygen atoms in total. The number of aromatic nitrogens is 4. The summed E-state index contributed by atoms with van der Waals surface area (Å²) in [5, 5.41) is 7.53. The molecule has 2 aromatic heterocycles. The number of rotatable bonds is 10. The zero-order chi connectivity index (χ0) is 23.3. The highest BCUT2D eigenvalue weighted by atomic mass is 32.1. The molecular formula is C22H32F2N6O2S. The molecule has 1 amide bonds. The van der Waals surface area contributed by atoms with Gasteiger partial charge in [0.25, 0.3) is 11.1 Å². The summed E-state index contributed by atoms with van der Waals surface area (Å²) in [6.45, 7) is 3.51. The first-order valence-corrected chi connectivity index (χ1v) is 12.5. The highest BCUT2D eigenvalue weighted by molar-refractivity contribution is 7.13. The molecule has 0 bridgehead atoms. The number of hydrogen-bond donors (Lipinski definition) is 1. The van der Waals surface area contributed by atoms with Gasteiger partial charge in [-0.3, -0.25) is 14.4 Å². The minimum absolute atomic E-state index is 0.0762. The Hall–Kier alpha value is -2.14. The van der Waals surface area contributed by atoms with Crippen LogP contribution >= 0.6 is 11.3 Å². The number of aryl methyl sites for hydroxylation is 1. The van der Waals surface area contributed by atoms with Gasteiger partial charge < -0.3 is 10.1 Å². The molecule has 1 aliphatic carbocycles. The molecule has 2 aromatic rings. The summed E-state index contributed by atoms with van der Waals surface area (Å²) in [7, 11) is 0. The molecule has 0 atom stereocenters. The highest BCUT2D eigenvalue weighted by Crippen LogP contribution is 2.32. The molecule has 1 aliphatic heterocycles. The number of amides is 1. The fraction of sp³-hybridized carbons (Fsp3) is 0.727. The second-order valence-electron chi connectivity index (χ2n) is 9.22. The topological polar surface area (TPSA) is 85.2 Å². The number of halogens is 2. The summed E-state index contributed by atoms with van der Waals surface area (Å²) in [4.78, 5) is 24.1. The summed E-state index contributed by atoms with van der Waals surface area (Å²) >= 11 is 1.40. The monoisotopic (exact) mass is 482 g/mol. The Morgan fingerprint density at radius 2 is 2.12 bits per heavy atom. The van der Waals surface area contributed by atoms with E-state index in [0.717, 1.165) is 75.7 Å². The lowest BCUT2D eigenvalue weighted by molar-refractivity contribution is -0.122. The largest absolute Gasteiger partial charge is 0.464 e. The van der Waals surface area contributed by atoms with E-state index in [0.29, 0.717) is 24.1 Å². The van der Waals surface area contributed by atoms with E-state index in [-0.39, 0.29) is 11.9 Å². The van der Waals surface area contributed by atoms with Gasteiger partial charge in [0, 0.05) is 37.4 Å². The van der Waals surface area contributed by atoms with Crippen molar-refractivity contribution >= 4 is 17.2 Å². The molecule has 0 saturated heterocycles. The van der Waals surface area contributed by atoms with Gasteiger partial charge in [-0.1, -0.05) is 11.3 Å². The predicted molar refractivity (Wildman–Crippen MR) is 120 cm³/mol. The van der Waals surface area contributed by atoms with Crippen LogP contribution in [0.1, 0.15) is 56.0 Å². The summed E-state index contributed by atoms with van der Waals surface area (Å²) in [5.41, 5.74) is 0.970. The molecule has 0 spiro atoms. The van der Waals surface area contributed by atoms with Gasteiger partial charge in [0.2, 0.25) is 5.91 Å². The summed E-state index contributed by atoms with van der Waals surface area (Å²) < 4.78 is 32.9. The van der Waals surface area contributed by atoms with E-state index >= 15 is 0 Å². The number of carbonyl (C=O) groups is 1. The number of ether oxygens (including phenoxy) is 1. The van der Waals surface area contributed by atoms with Crippen LogP contribution in [0.3, 0.4) is 0 Å². The summed E-state index contributed by atoms with van der Waals surface area (Å²) in [5.74, 6) is -2.10. The molecule has 1 fully saturated rings. The Balaban J connectivity index is 1.13. The molecule has 0 unspecified atom stereocenters. The third-order valence-corrected chi connectivity index (χ3v) is 7.41. The van der Waals surface area contributed by atoms with Crippen LogP contribution in [-0.2, 0) is 24.3 Å². The van der Waals surface area contributed by atoms with E-state index in [1.807, 2.05) is 0 Å². The number of hydrogen-bond acceptors (Lipinski definition) is 7. The quantitative estimate of drug-likeness (QED) is 0.560. The summed E-state index contributed by atoms with van der Waals surface area (Å²) in [6.07, 6.45) is 9.87. The smallest absolute Gasteiger partial charge is 0.278 e. The van der Waals surface area contributed by atoms with Crippen molar-refractivity contribution in [2.24, 2.45) is 5.92 Å². The van der Waals surface area contributed by atoms with Gasteiger partial charge in [-0.05, 0) is 51.0 Å². The third kappa shape index (κ3) is 7.43. The molecular weight excluding hydrogens is 450 g/mol. The Kier molecular flexibility index (Phi) is 7.90. The van der Waals surface area contributed by atoms with Crippen molar-refractivity contribution in [3.8, 4) is 5.19 Å². The van der Waals surface area contributed by atoms with Gasteiger partial charge in [0.15, 0.2) is 6.61 Å². The number of alkyl halides is 2. The van der Waals surface area contributed by atoms with E-state index in [1.54, 1.807) is 11.0 Å². The first-order valence-electron chi connectivity index (χ1n) is 11.7. The predicted octanol–water partition coefficient (Wildman–Crippen LogP) is 3.28. The maximum Gasteiger partial charge on any atom is 0.278 e. The molecule has 182 valence electrons. The van der Waals surface area contributed by atoms with Gasteiger partial charge in [0.05, 0.1) is 12.2 Å². The Bertz CT molecular complexity index is 893. The number of nitrogens with zero attached hydrogens (tertiary/aromatic N) is 5. The molecule has 2 aliphatic rings. The number of nitrogens with one attached hydrogen (secondary N) is 1. The normalized spacial score (nSPS) is 21.5. The Labute approximate surface area is 196 Å². The third-order valence-electron chi connectivity index (χ3n) is 6.34. The second kappa shape index (κ2) is 10.9. The van der Waals surface area contributed by atoms with Crippen LogP contribution in [0.4, 0.5) is 8.78 Å². The van der Waals surface area contributed by atoms with Crippen molar-refractivity contribution in [1.29, 1.82) is 0 Å². The number of thiazole rings is 1. The fourth-order valence-electron chi connectivity index (χ4n) is 4.49. The van der Waals surface area contributed by atoms with Crippen molar-refractivity contribution < 1.29 is 18.3 Å². The number of carbonyl (C=O) groups excluding carboxylic acids is 1. The van der Waals surface area contributed by atoms with Crippen molar-refractivity contribution in [2.75, 3.05) is 19.7 Å². The van der Waals surface area contributed by atoms with Crippen LogP contribution in [0.5, 0.6) is 5.19 Å².